The first kappa shape index (κ1) is 9.01. The predicted octanol–water partition coefficient (Wildman–Crippen LogP) is 0.920. The molecule has 10 heavy (non-hydrogen) atoms. The Balaban J connectivity index is 4.19. The number of alkyl halides is 1. The molecule has 0 aliphatic rings. The standard InChI is InChI=1S/C7H13FN2/c1-5(8)4-7(10-3)6(2)9/h4-5,10H,2,9H2,1,3H3/b7-4+. The summed E-state index contributed by atoms with van der Waals surface area (Å²) in [7, 11) is 1.67. The fourth-order valence-electron chi connectivity index (χ4n) is 0.581. The zero-order chi connectivity index (χ0) is 8.15. The van der Waals surface area contributed by atoms with E-state index in [1.54, 1.807) is 7.05 Å². The van der Waals surface area contributed by atoms with Crippen LogP contribution >= 0.6 is 0 Å². The summed E-state index contributed by atoms with van der Waals surface area (Å²) in [6.45, 7) is 4.89. The van der Waals surface area contributed by atoms with E-state index in [9.17, 15) is 4.39 Å². The molecule has 0 aromatic carbocycles. The van der Waals surface area contributed by atoms with Gasteiger partial charge in [-0.3, -0.25) is 0 Å². The number of allylic oxidation sites excluding steroid dienone is 1. The summed E-state index contributed by atoms with van der Waals surface area (Å²) in [5.41, 5.74) is 6.21. The molecule has 3 heteroatoms. The molecular formula is C7H13FN2. The minimum atomic E-state index is -0.997. The largest absolute Gasteiger partial charge is 0.398 e. The van der Waals surface area contributed by atoms with E-state index in [-0.39, 0.29) is 0 Å². The fourth-order valence-corrected chi connectivity index (χ4v) is 0.581. The van der Waals surface area contributed by atoms with E-state index in [1.807, 2.05) is 0 Å². The lowest BCUT2D eigenvalue weighted by atomic mass is 10.3. The Morgan fingerprint density at radius 1 is 1.80 bits per heavy atom. The molecule has 1 atom stereocenters. The molecule has 0 spiro atoms. The first-order valence-corrected chi connectivity index (χ1v) is 3.06. The number of rotatable bonds is 3. The molecule has 0 rings (SSSR count). The van der Waals surface area contributed by atoms with Crippen molar-refractivity contribution >= 4 is 0 Å². The highest BCUT2D eigenvalue weighted by atomic mass is 19.1. The van der Waals surface area contributed by atoms with Crippen molar-refractivity contribution in [2.75, 3.05) is 7.05 Å². The smallest absolute Gasteiger partial charge is 0.118 e. The van der Waals surface area contributed by atoms with Crippen molar-refractivity contribution < 1.29 is 4.39 Å². The molecule has 0 saturated heterocycles. The molecule has 1 unspecified atom stereocenters. The average Bonchev–Trinajstić information content (AvgIpc) is 1.81. The number of likely N-dealkylation sites (N-methyl/N-ethyl adjacent to an activating group) is 1. The Bertz CT molecular complexity index is 150. The third kappa shape index (κ3) is 3.12. The first-order valence-electron chi connectivity index (χ1n) is 3.06. The van der Waals surface area contributed by atoms with Gasteiger partial charge in [0, 0.05) is 12.7 Å². The van der Waals surface area contributed by atoms with Crippen LogP contribution in [0.4, 0.5) is 4.39 Å². The molecule has 0 aliphatic carbocycles. The number of nitrogens with two attached hydrogens (primary N) is 1. The number of nitrogens with one attached hydrogen (secondary N) is 1. The molecule has 0 saturated carbocycles. The molecule has 58 valence electrons. The van der Waals surface area contributed by atoms with Crippen LogP contribution in [0.15, 0.2) is 24.0 Å². The normalized spacial score (nSPS) is 14.5. The van der Waals surface area contributed by atoms with Crippen LogP contribution in [0, 0.1) is 0 Å². The summed E-state index contributed by atoms with van der Waals surface area (Å²) in [5.74, 6) is 0. The van der Waals surface area contributed by atoms with E-state index in [1.165, 1.54) is 13.0 Å². The van der Waals surface area contributed by atoms with Crippen molar-refractivity contribution in [1.82, 2.24) is 5.32 Å². The summed E-state index contributed by atoms with van der Waals surface area (Å²) in [5, 5.41) is 2.73. The molecule has 0 amide bonds. The molecular weight excluding hydrogens is 131 g/mol. The Kier molecular flexibility index (Phi) is 3.54. The van der Waals surface area contributed by atoms with Crippen LogP contribution < -0.4 is 11.1 Å². The van der Waals surface area contributed by atoms with Gasteiger partial charge in [-0.15, -0.1) is 0 Å². The van der Waals surface area contributed by atoms with Crippen LogP contribution in [-0.2, 0) is 0 Å². The molecule has 0 aromatic heterocycles. The Labute approximate surface area is 60.6 Å². The zero-order valence-electron chi connectivity index (χ0n) is 6.32. The molecule has 2 nitrogen and oxygen atoms in total. The number of halogens is 1. The van der Waals surface area contributed by atoms with Gasteiger partial charge in [0.1, 0.15) is 6.17 Å². The molecule has 0 fully saturated rings. The van der Waals surface area contributed by atoms with Crippen molar-refractivity contribution in [1.29, 1.82) is 0 Å². The van der Waals surface area contributed by atoms with E-state index in [2.05, 4.69) is 11.9 Å². The van der Waals surface area contributed by atoms with Gasteiger partial charge in [0.25, 0.3) is 0 Å². The summed E-state index contributed by atoms with van der Waals surface area (Å²) >= 11 is 0. The van der Waals surface area contributed by atoms with Gasteiger partial charge >= 0.3 is 0 Å². The van der Waals surface area contributed by atoms with Crippen molar-refractivity contribution in [2.24, 2.45) is 5.73 Å². The van der Waals surface area contributed by atoms with Crippen LogP contribution in [0.25, 0.3) is 0 Å². The first-order chi connectivity index (χ1) is 4.57. The Morgan fingerprint density at radius 3 is 2.40 bits per heavy atom. The monoisotopic (exact) mass is 144 g/mol. The van der Waals surface area contributed by atoms with Crippen LogP contribution in [0.3, 0.4) is 0 Å². The highest BCUT2D eigenvalue weighted by Gasteiger charge is 1.97. The van der Waals surface area contributed by atoms with Crippen molar-refractivity contribution in [2.45, 2.75) is 13.1 Å². The van der Waals surface area contributed by atoms with Crippen molar-refractivity contribution in [3.05, 3.63) is 24.0 Å². The van der Waals surface area contributed by atoms with Crippen LogP contribution in [-0.4, -0.2) is 13.2 Å². The second-order valence-electron chi connectivity index (χ2n) is 2.03. The highest BCUT2D eigenvalue weighted by Crippen LogP contribution is 2.00. The van der Waals surface area contributed by atoms with Gasteiger partial charge in [0.2, 0.25) is 0 Å². The SMILES string of the molecule is C=C(N)/C(=C\C(C)F)NC. The fraction of sp³-hybridized carbons (Fsp3) is 0.429. The minimum absolute atomic E-state index is 0.354. The topological polar surface area (TPSA) is 38.0 Å². The summed E-state index contributed by atoms with van der Waals surface area (Å²) in [4.78, 5) is 0. The Hall–Kier alpha value is -0.990. The summed E-state index contributed by atoms with van der Waals surface area (Å²) in [6, 6.07) is 0. The Morgan fingerprint density at radius 2 is 2.30 bits per heavy atom. The molecule has 0 bridgehead atoms. The van der Waals surface area contributed by atoms with Gasteiger partial charge < -0.3 is 11.1 Å². The molecule has 0 aromatic rings. The maximum absolute atomic E-state index is 12.3. The van der Waals surface area contributed by atoms with Gasteiger partial charge in [-0.25, -0.2) is 4.39 Å². The van der Waals surface area contributed by atoms with E-state index in [0.717, 1.165) is 0 Å². The highest BCUT2D eigenvalue weighted by molar-refractivity contribution is 5.23. The van der Waals surface area contributed by atoms with E-state index in [0.29, 0.717) is 11.4 Å². The molecule has 0 heterocycles. The molecule has 0 aliphatic heterocycles. The zero-order valence-corrected chi connectivity index (χ0v) is 6.32. The van der Waals surface area contributed by atoms with Gasteiger partial charge in [-0.2, -0.15) is 0 Å². The maximum atomic E-state index is 12.3. The van der Waals surface area contributed by atoms with Gasteiger partial charge in [-0.05, 0) is 13.0 Å². The van der Waals surface area contributed by atoms with Gasteiger partial charge in [0.15, 0.2) is 0 Å². The van der Waals surface area contributed by atoms with Crippen LogP contribution in [0.2, 0.25) is 0 Å². The predicted molar refractivity (Wildman–Crippen MR) is 41.0 cm³/mol. The molecule has 0 radical (unpaired) electrons. The van der Waals surface area contributed by atoms with E-state index in [4.69, 9.17) is 5.73 Å². The van der Waals surface area contributed by atoms with Crippen LogP contribution in [0.5, 0.6) is 0 Å². The quantitative estimate of drug-likeness (QED) is 0.578. The summed E-state index contributed by atoms with van der Waals surface area (Å²) < 4.78 is 12.3. The minimum Gasteiger partial charge on any atom is -0.398 e. The lowest BCUT2D eigenvalue weighted by Crippen LogP contribution is -2.14. The van der Waals surface area contributed by atoms with Gasteiger partial charge in [-0.1, -0.05) is 6.58 Å². The second kappa shape index (κ2) is 3.93. The second-order valence-corrected chi connectivity index (χ2v) is 2.03. The van der Waals surface area contributed by atoms with Crippen LogP contribution in [0.1, 0.15) is 6.92 Å². The average molecular weight is 144 g/mol. The van der Waals surface area contributed by atoms with E-state index < -0.39 is 6.17 Å². The number of hydrogen-bond donors (Lipinski definition) is 2. The maximum Gasteiger partial charge on any atom is 0.118 e. The summed E-state index contributed by atoms with van der Waals surface area (Å²) in [6.07, 6.45) is 0.380. The van der Waals surface area contributed by atoms with Crippen molar-refractivity contribution in [3.63, 3.8) is 0 Å². The number of hydrogen-bond acceptors (Lipinski definition) is 2. The van der Waals surface area contributed by atoms with Gasteiger partial charge in [0.05, 0.1) is 5.70 Å². The third-order valence-corrected chi connectivity index (χ3v) is 1.01. The lowest BCUT2D eigenvalue weighted by Gasteiger charge is -2.05. The lowest BCUT2D eigenvalue weighted by molar-refractivity contribution is 0.428. The van der Waals surface area contributed by atoms with Crippen molar-refractivity contribution in [3.8, 4) is 0 Å². The molecule has 3 N–H and O–H groups in total. The van der Waals surface area contributed by atoms with E-state index >= 15 is 0 Å². The third-order valence-electron chi connectivity index (χ3n) is 1.01.